The second-order valence-electron chi connectivity index (χ2n) is 4.38. The number of halogens is 1. The fourth-order valence-electron chi connectivity index (χ4n) is 2.58. The van der Waals surface area contributed by atoms with Gasteiger partial charge in [0.15, 0.2) is 0 Å². The lowest BCUT2D eigenvalue weighted by molar-refractivity contribution is 0.0954. The van der Waals surface area contributed by atoms with E-state index < -0.39 is 0 Å². The molecule has 92 valence electrons. The first-order valence-electron chi connectivity index (χ1n) is 5.83. The quantitative estimate of drug-likeness (QED) is 0.469. The van der Waals surface area contributed by atoms with Crippen LogP contribution < -0.4 is 11.3 Å². The fourth-order valence-corrected chi connectivity index (χ4v) is 2.80. The van der Waals surface area contributed by atoms with Crippen molar-refractivity contribution in [2.75, 3.05) is 0 Å². The van der Waals surface area contributed by atoms with Crippen molar-refractivity contribution in [2.45, 2.75) is 19.3 Å². The molecule has 1 aliphatic rings. The van der Waals surface area contributed by atoms with Gasteiger partial charge in [0.1, 0.15) is 0 Å². The lowest BCUT2D eigenvalue weighted by Crippen LogP contribution is -2.31. The monoisotopic (exact) mass is 261 g/mol. The number of nitrogens with two attached hydrogens (primary N) is 1. The van der Waals surface area contributed by atoms with Gasteiger partial charge in [-0.3, -0.25) is 15.2 Å². The zero-order valence-electron chi connectivity index (χ0n) is 9.66. The van der Waals surface area contributed by atoms with Crippen LogP contribution in [-0.2, 0) is 12.8 Å². The maximum absolute atomic E-state index is 12.0. The standard InChI is InChI=1S/C13H12ClN3O/c14-9-5-1-4-8-11(13(18)17-15)7-3-2-6-10(7)16-12(8)9/h1,4-5H,2-3,6,15H2,(H,17,18). The van der Waals surface area contributed by atoms with Gasteiger partial charge in [0.25, 0.3) is 5.91 Å². The van der Waals surface area contributed by atoms with Gasteiger partial charge >= 0.3 is 0 Å². The molecule has 4 nitrogen and oxygen atoms in total. The number of rotatable bonds is 1. The molecule has 0 radical (unpaired) electrons. The number of hydrogen-bond acceptors (Lipinski definition) is 3. The minimum atomic E-state index is -0.275. The number of pyridine rings is 1. The zero-order valence-corrected chi connectivity index (χ0v) is 10.4. The Labute approximate surface area is 109 Å². The van der Waals surface area contributed by atoms with Crippen LogP contribution in [0.25, 0.3) is 10.9 Å². The van der Waals surface area contributed by atoms with Crippen LogP contribution >= 0.6 is 11.6 Å². The first kappa shape index (κ1) is 11.4. The third-order valence-electron chi connectivity index (χ3n) is 3.35. The van der Waals surface area contributed by atoms with E-state index in [1.165, 1.54) is 0 Å². The minimum absolute atomic E-state index is 0.275. The topological polar surface area (TPSA) is 68.0 Å². The number of fused-ring (bicyclic) bond motifs is 2. The zero-order chi connectivity index (χ0) is 12.7. The third-order valence-corrected chi connectivity index (χ3v) is 3.66. The Morgan fingerprint density at radius 3 is 3.00 bits per heavy atom. The molecule has 1 heterocycles. The third kappa shape index (κ3) is 1.57. The summed E-state index contributed by atoms with van der Waals surface area (Å²) in [7, 11) is 0. The number of aryl methyl sites for hydroxylation is 1. The Hall–Kier alpha value is -1.65. The number of nitrogen functional groups attached to an aromatic ring is 1. The maximum Gasteiger partial charge on any atom is 0.266 e. The lowest BCUT2D eigenvalue weighted by Gasteiger charge is -2.11. The highest BCUT2D eigenvalue weighted by Crippen LogP contribution is 2.32. The number of para-hydroxylation sites is 1. The molecule has 1 amide bonds. The maximum atomic E-state index is 12.0. The van der Waals surface area contributed by atoms with Gasteiger partial charge in [-0.05, 0) is 30.9 Å². The Bertz CT molecular complexity index is 654. The number of aromatic nitrogens is 1. The van der Waals surface area contributed by atoms with Crippen molar-refractivity contribution in [1.82, 2.24) is 10.4 Å². The highest BCUT2D eigenvalue weighted by atomic mass is 35.5. The number of nitrogens with zero attached hydrogens (tertiary/aromatic N) is 1. The Morgan fingerprint density at radius 2 is 2.22 bits per heavy atom. The van der Waals surface area contributed by atoms with Crippen LogP contribution in [0.5, 0.6) is 0 Å². The molecule has 0 fully saturated rings. The van der Waals surface area contributed by atoms with E-state index in [0.717, 1.165) is 35.9 Å². The van der Waals surface area contributed by atoms with Crippen molar-refractivity contribution >= 4 is 28.4 Å². The molecular weight excluding hydrogens is 250 g/mol. The molecule has 5 heteroatoms. The van der Waals surface area contributed by atoms with E-state index in [1.807, 2.05) is 12.1 Å². The van der Waals surface area contributed by atoms with E-state index in [1.54, 1.807) is 6.07 Å². The van der Waals surface area contributed by atoms with E-state index in [2.05, 4.69) is 10.4 Å². The van der Waals surface area contributed by atoms with E-state index in [9.17, 15) is 4.79 Å². The van der Waals surface area contributed by atoms with Crippen LogP contribution in [0, 0.1) is 0 Å². The fraction of sp³-hybridized carbons (Fsp3) is 0.231. The highest BCUT2D eigenvalue weighted by Gasteiger charge is 2.23. The summed E-state index contributed by atoms with van der Waals surface area (Å²) in [6.45, 7) is 0. The van der Waals surface area contributed by atoms with Gasteiger partial charge in [-0.25, -0.2) is 5.84 Å². The van der Waals surface area contributed by atoms with Gasteiger partial charge in [0, 0.05) is 11.1 Å². The molecule has 0 spiro atoms. The van der Waals surface area contributed by atoms with E-state index in [4.69, 9.17) is 17.4 Å². The number of benzene rings is 1. The van der Waals surface area contributed by atoms with E-state index >= 15 is 0 Å². The van der Waals surface area contributed by atoms with Gasteiger partial charge in [0.2, 0.25) is 0 Å². The van der Waals surface area contributed by atoms with E-state index in [0.29, 0.717) is 16.1 Å². The SMILES string of the molecule is NNC(=O)c1c2c(nc3c(Cl)cccc13)CCC2. The molecule has 0 atom stereocenters. The molecule has 3 N–H and O–H groups in total. The first-order chi connectivity index (χ1) is 8.72. The molecule has 1 aromatic heterocycles. The van der Waals surface area contributed by atoms with Crippen LogP contribution in [0.1, 0.15) is 28.0 Å². The Balaban J connectivity index is 2.43. The lowest BCUT2D eigenvalue weighted by atomic mass is 10.0. The molecule has 1 aromatic carbocycles. The van der Waals surface area contributed by atoms with Crippen LogP contribution in [0.2, 0.25) is 5.02 Å². The largest absolute Gasteiger partial charge is 0.290 e. The minimum Gasteiger partial charge on any atom is -0.290 e. The predicted octanol–water partition coefficient (Wildman–Crippen LogP) is 1.98. The van der Waals surface area contributed by atoms with Crippen LogP contribution in [0.15, 0.2) is 18.2 Å². The summed E-state index contributed by atoms with van der Waals surface area (Å²) < 4.78 is 0. The summed E-state index contributed by atoms with van der Waals surface area (Å²) in [4.78, 5) is 16.6. The number of hydrazine groups is 1. The molecule has 18 heavy (non-hydrogen) atoms. The van der Waals surface area contributed by atoms with Gasteiger partial charge in [0.05, 0.1) is 16.1 Å². The Morgan fingerprint density at radius 1 is 1.39 bits per heavy atom. The summed E-state index contributed by atoms with van der Waals surface area (Å²) in [5, 5.41) is 1.33. The summed E-state index contributed by atoms with van der Waals surface area (Å²) in [5.41, 5.74) is 5.49. The average molecular weight is 262 g/mol. The number of carbonyl (C=O) groups is 1. The van der Waals surface area contributed by atoms with Gasteiger partial charge in [-0.2, -0.15) is 0 Å². The van der Waals surface area contributed by atoms with Gasteiger partial charge < -0.3 is 0 Å². The number of amides is 1. The number of hydrogen-bond donors (Lipinski definition) is 2. The normalized spacial score (nSPS) is 13.7. The second-order valence-corrected chi connectivity index (χ2v) is 4.78. The van der Waals surface area contributed by atoms with Crippen LogP contribution in [0.4, 0.5) is 0 Å². The van der Waals surface area contributed by atoms with E-state index in [-0.39, 0.29) is 5.91 Å². The molecule has 2 aromatic rings. The molecular formula is C13H12ClN3O. The summed E-state index contributed by atoms with van der Waals surface area (Å²) in [6.07, 6.45) is 2.77. The summed E-state index contributed by atoms with van der Waals surface area (Å²) in [6, 6.07) is 5.46. The van der Waals surface area contributed by atoms with Crippen LogP contribution in [-0.4, -0.2) is 10.9 Å². The van der Waals surface area contributed by atoms with Gasteiger partial charge in [-0.15, -0.1) is 0 Å². The van der Waals surface area contributed by atoms with Crippen LogP contribution in [0.3, 0.4) is 0 Å². The summed E-state index contributed by atoms with van der Waals surface area (Å²) in [5.74, 6) is 5.00. The Kier molecular flexibility index (Phi) is 2.69. The van der Waals surface area contributed by atoms with Crippen molar-refractivity contribution in [2.24, 2.45) is 5.84 Å². The molecule has 3 rings (SSSR count). The highest BCUT2D eigenvalue weighted by molar-refractivity contribution is 6.35. The summed E-state index contributed by atoms with van der Waals surface area (Å²) >= 11 is 6.15. The van der Waals surface area contributed by atoms with Crippen molar-refractivity contribution in [1.29, 1.82) is 0 Å². The second kappa shape index (κ2) is 4.23. The molecule has 0 bridgehead atoms. The first-order valence-corrected chi connectivity index (χ1v) is 6.21. The smallest absolute Gasteiger partial charge is 0.266 e. The molecule has 0 unspecified atom stereocenters. The predicted molar refractivity (Wildman–Crippen MR) is 70.4 cm³/mol. The average Bonchev–Trinajstić information content (AvgIpc) is 2.84. The van der Waals surface area contributed by atoms with Gasteiger partial charge in [-0.1, -0.05) is 23.7 Å². The van der Waals surface area contributed by atoms with Crippen molar-refractivity contribution < 1.29 is 4.79 Å². The number of carbonyl (C=O) groups excluding carboxylic acids is 1. The molecule has 0 saturated heterocycles. The molecule has 0 aliphatic heterocycles. The van der Waals surface area contributed by atoms with Crippen molar-refractivity contribution in [3.63, 3.8) is 0 Å². The molecule has 0 saturated carbocycles. The van der Waals surface area contributed by atoms with Crippen molar-refractivity contribution in [3.8, 4) is 0 Å². The molecule has 1 aliphatic carbocycles. The number of nitrogens with one attached hydrogen (secondary N) is 1. The van der Waals surface area contributed by atoms with Crippen molar-refractivity contribution in [3.05, 3.63) is 40.0 Å².